The highest BCUT2D eigenvalue weighted by atomic mass is 35.5. The van der Waals surface area contributed by atoms with Gasteiger partial charge in [0.2, 0.25) is 0 Å². The van der Waals surface area contributed by atoms with Gasteiger partial charge in [0.05, 0.1) is 11.4 Å². The number of pyridine rings is 1. The van der Waals surface area contributed by atoms with Crippen LogP contribution in [0.2, 0.25) is 5.02 Å². The van der Waals surface area contributed by atoms with Crippen molar-refractivity contribution in [3.05, 3.63) is 77.6 Å². The number of hydrogen-bond acceptors (Lipinski definition) is 4. The molecule has 4 aromatic heterocycles. The molecule has 0 atom stereocenters. The third-order valence-electron chi connectivity index (χ3n) is 4.83. The minimum absolute atomic E-state index is 0.745. The molecule has 0 saturated carbocycles. The van der Waals surface area contributed by atoms with Gasteiger partial charge in [-0.25, -0.2) is 14.5 Å². The molecule has 144 valence electrons. The van der Waals surface area contributed by atoms with Gasteiger partial charge in [-0.05, 0) is 42.3 Å². The van der Waals surface area contributed by atoms with Crippen LogP contribution in [0.4, 0.5) is 0 Å². The number of nitrogens with zero attached hydrogens (tertiary/aromatic N) is 6. The second-order valence-corrected chi connectivity index (χ2v) is 7.33. The van der Waals surface area contributed by atoms with Gasteiger partial charge in [0.25, 0.3) is 0 Å². The first kappa shape index (κ1) is 17.6. The summed E-state index contributed by atoms with van der Waals surface area (Å²) in [6.45, 7) is 0. The Morgan fingerprint density at radius 1 is 1.03 bits per heavy atom. The average molecular weight is 404 g/mol. The van der Waals surface area contributed by atoms with Crippen molar-refractivity contribution >= 4 is 17.2 Å². The summed E-state index contributed by atoms with van der Waals surface area (Å²) >= 11 is 5.98. The number of aromatic nitrogens is 7. The van der Waals surface area contributed by atoms with E-state index < -0.39 is 0 Å². The molecule has 0 spiro atoms. The van der Waals surface area contributed by atoms with Crippen molar-refractivity contribution in [3.8, 4) is 22.6 Å². The van der Waals surface area contributed by atoms with Crippen LogP contribution in [-0.4, -0.2) is 34.3 Å². The summed E-state index contributed by atoms with van der Waals surface area (Å²) in [6, 6.07) is 13.8. The maximum atomic E-state index is 5.98. The fourth-order valence-corrected chi connectivity index (χ4v) is 3.48. The summed E-state index contributed by atoms with van der Waals surface area (Å²) in [4.78, 5) is 12.6. The molecule has 0 unspecified atom stereocenters. The number of nitrogens with one attached hydrogen (secondary N) is 1. The molecule has 0 radical (unpaired) electrons. The number of fused-ring (bicyclic) bond motifs is 1. The van der Waals surface area contributed by atoms with Gasteiger partial charge in [-0.3, -0.25) is 4.68 Å². The molecule has 0 aliphatic carbocycles. The van der Waals surface area contributed by atoms with Crippen molar-refractivity contribution in [3.63, 3.8) is 0 Å². The summed E-state index contributed by atoms with van der Waals surface area (Å²) in [5.74, 6) is 0.911. The highest BCUT2D eigenvalue weighted by molar-refractivity contribution is 6.30. The molecule has 0 fully saturated rings. The molecule has 7 nitrogen and oxygen atoms in total. The number of H-pyrrole nitrogens is 1. The lowest BCUT2D eigenvalue weighted by atomic mass is 10.1. The van der Waals surface area contributed by atoms with Gasteiger partial charge >= 0.3 is 0 Å². The molecule has 1 N–H and O–H groups in total. The largest absolute Gasteiger partial charge is 0.340 e. The van der Waals surface area contributed by atoms with E-state index in [0.29, 0.717) is 0 Å². The molecule has 1 aromatic carbocycles. The van der Waals surface area contributed by atoms with Crippen LogP contribution in [0.25, 0.3) is 28.3 Å². The van der Waals surface area contributed by atoms with Gasteiger partial charge < -0.3 is 4.98 Å². The third-order valence-corrected chi connectivity index (χ3v) is 5.09. The molecular formula is C21H18ClN7. The van der Waals surface area contributed by atoms with E-state index in [1.165, 1.54) is 5.56 Å². The van der Waals surface area contributed by atoms with Crippen LogP contribution < -0.4 is 0 Å². The fraction of sp³-hybridized carbons (Fsp3) is 0.143. The molecule has 29 heavy (non-hydrogen) atoms. The molecule has 0 amide bonds. The van der Waals surface area contributed by atoms with Gasteiger partial charge in [-0.15, -0.1) is 0 Å². The lowest BCUT2D eigenvalue weighted by molar-refractivity contribution is 0.770. The molecule has 0 aliphatic rings. The van der Waals surface area contributed by atoms with Gasteiger partial charge in [0.1, 0.15) is 17.8 Å². The number of aryl methyl sites for hydroxylation is 3. The van der Waals surface area contributed by atoms with Crippen molar-refractivity contribution in [1.29, 1.82) is 0 Å². The van der Waals surface area contributed by atoms with Crippen LogP contribution >= 0.6 is 11.6 Å². The van der Waals surface area contributed by atoms with E-state index in [1.807, 2.05) is 61.9 Å². The van der Waals surface area contributed by atoms with E-state index in [0.717, 1.165) is 52.0 Å². The first-order chi connectivity index (χ1) is 14.2. The smallest absolute Gasteiger partial charge is 0.155 e. The summed E-state index contributed by atoms with van der Waals surface area (Å²) in [5, 5.41) is 9.54. The van der Waals surface area contributed by atoms with E-state index in [4.69, 9.17) is 16.6 Å². The number of aromatic amines is 1. The Morgan fingerprint density at radius 2 is 1.90 bits per heavy atom. The highest BCUT2D eigenvalue weighted by Crippen LogP contribution is 2.29. The Balaban J connectivity index is 1.52. The minimum Gasteiger partial charge on any atom is -0.340 e. The lowest BCUT2D eigenvalue weighted by Gasteiger charge is -2.01. The van der Waals surface area contributed by atoms with Crippen LogP contribution in [0.15, 0.2) is 61.2 Å². The van der Waals surface area contributed by atoms with Crippen molar-refractivity contribution < 1.29 is 0 Å². The van der Waals surface area contributed by atoms with Gasteiger partial charge in [0, 0.05) is 36.4 Å². The number of rotatable bonds is 5. The predicted octanol–water partition coefficient (Wildman–Crippen LogP) is 3.96. The van der Waals surface area contributed by atoms with Crippen LogP contribution in [0.3, 0.4) is 0 Å². The zero-order chi connectivity index (χ0) is 19.8. The van der Waals surface area contributed by atoms with Crippen LogP contribution in [-0.2, 0) is 19.9 Å². The lowest BCUT2D eigenvalue weighted by Crippen LogP contribution is -1.93. The molecule has 5 aromatic rings. The first-order valence-corrected chi connectivity index (χ1v) is 9.66. The van der Waals surface area contributed by atoms with Crippen LogP contribution in [0, 0.1) is 0 Å². The van der Waals surface area contributed by atoms with E-state index in [1.54, 1.807) is 15.5 Å². The van der Waals surface area contributed by atoms with E-state index in [-0.39, 0.29) is 0 Å². The van der Waals surface area contributed by atoms with E-state index in [9.17, 15) is 0 Å². The Morgan fingerprint density at radius 3 is 2.69 bits per heavy atom. The molecule has 0 aliphatic heterocycles. The number of halogens is 1. The molecule has 5 rings (SSSR count). The number of benzene rings is 1. The Hall–Kier alpha value is -3.45. The number of imidazole rings is 1. The maximum absolute atomic E-state index is 5.98. The average Bonchev–Trinajstić information content (AvgIpc) is 3.46. The Bertz CT molecular complexity index is 1280. The molecule has 4 heterocycles. The minimum atomic E-state index is 0.745. The normalized spacial score (nSPS) is 11.4. The summed E-state index contributed by atoms with van der Waals surface area (Å²) < 4.78 is 3.54. The molecule has 0 bridgehead atoms. The van der Waals surface area contributed by atoms with E-state index >= 15 is 0 Å². The summed E-state index contributed by atoms with van der Waals surface area (Å²) in [7, 11) is 1.91. The second kappa shape index (κ2) is 7.18. The number of hydrogen-bond donors (Lipinski definition) is 1. The topological polar surface area (TPSA) is 76.7 Å². The third kappa shape index (κ3) is 3.52. The van der Waals surface area contributed by atoms with E-state index in [2.05, 4.69) is 20.2 Å². The SMILES string of the molecule is Cn1ccc(-c2[nH]c(CCc3ccc(Cl)cc3)nc2-c2ccc3ncnn3c2)n1. The zero-order valence-electron chi connectivity index (χ0n) is 15.7. The summed E-state index contributed by atoms with van der Waals surface area (Å²) in [5.41, 5.74) is 5.58. The molecule has 0 saturated heterocycles. The standard InChI is InChI=1S/C21H18ClN7/c1-28-11-10-17(27-28)21-20(15-5-9-19-23-13-24-29(19)12-15)25-18(26-21)8-4-14-2-6-16(22)7-3-14/h2-3,5-7,9-13H,4,8H2,1H3,(H,25,26). The van der Waals surface area contributed by atoms with Gasteiger partial charge in [0.15, 0.2) is 5.65 Å². The molecular weight excluding hydrogens is 386 g/mol. The first-order valence-electron chi connectivity index (χ1n) is 9.29. The van der Waals surface area contributed by atoms with Crippen molar-refractivity contribution in [1.82, 2.24) is 34.3 Å². The summed E-state index contributed by atoms with van der Waals surface area (Å²) in [6.07, 6.45) is 7.06. The Labute approximate surface area is 172 Å². The van der Waals surface area contributed by atoms with Crippen molar-refractivity contribution in [2.45, 2.75) is 12.8 Å². The van der Waals surface area contributed by atoms with Crippen LogP contribution in [0.1, 0.15) is 11.4 Å². The quantitative estimate of drug-likeness (QED) is 0.482. The fourth-order valence-electron chi connectivity index (χ4n) is 3.35. The van der Waals surface area contributed by atoms with Crippen molar-refractivity contribution in [2.75, 3.05) is 0 Å². The predicted molar refractivity (Wildman–Crippen MR) is 112 cm³/mol. The Kier molecular flexibility index (Phi) is 4.37. The monoisotopic (exact) mass is 403 g/mol. The van der Waals surface area contributed by atoms with Gasteiger partial charge in [-0.1, -0.05) is 23.7 Å². The second-order valence-electron chi connectivity index (χ2n) is 6.89. The molecule has 8 heteroatoms. The maximum Gasteiger partial charge on any atom is 0.155 e. The van der Waals surface area contributed by atoms with Crippen LogP contribution in [0.5, 0.6) is 0 Å². The van der Waals surface area contributed by atoms with Gasteiger partial charge in [-0.2, -0.15) is 10.2 Å². The highest BCUT2D eigenvalue weighted by Gasteiger charge is 2.17. The van der Waals surface area contributed by atoms with Crippen molar-refractivity contribution in [2.24, 2.45) is 7.05 Å². The zero-order valence-corrected chi connectivity index (χ0v) is 16.5.